The standard InChI is InChI=1S/C14H10FNO4/c1-9-2-4-12(7-13(9)15)20-14-5-3-11(16(18)19)6-10(14)8-17/h2-8H,1H3. The van der Waals surface area contributed by atoms with Gasteiger partial charge in [0.15, 0.2) is 6.29 Å². The second kappa shape index (κ2) is 5.48. The lowest BCUT2D eigenvalue weighted by Gasteiger charge is -2.08. The molecule has 0 aromatic heterocycles. The minimum absolute atomic E-state index is 0.0279. The number of nitro groups is 1. The summed E-state index contributed by atoms with van der Waals surface area (Å²) in [6.45, 7) is 1.61. The predicted molar refractivity (Wildman–Crippen MR) is 69.7 cm³/mol. The summed E-state index contributed by atoms with van der Waals surface area (Å²) < 4.78 is 18.8. The van der Waals surface area contributed by atoms with Crippen LogP contribution < -0.4 is 4.74 Å². The maximum Gasteiger partial charge on any atom is 0.270 e. The lowest BCUT2D eigenvalue weighted by Crippen LogP contribution is -1.94. The summed E-state index contributed by atoms with van der Waals surface area (Å²) in [7, 11) is 0. The van der Waals surface area contributed by atoms with Gasteiger partial charge in [-0.25, -0.2) is 4.39 Å². The zero-order valence-corrected chi connectivity index (χ0v) is 10.5. The fourth-order valence-corrected chi connectivity index (χ4v) is 1.60. The summed E-state index contributed by atoms with van der Waals surface area (Å²) in [6.07, 6.45) is 0.451. The molecule has 5 nitrogen and oxygen atoms in total. The van der Waals surface area contributed by atoms with Crippen molar-refractivity contribution >= 4 is 12.0 Å². The summed E-state index contributed by atoms with van der Waals surface area (Å²) in [5, 5.41) is 10.6. The van der Waals surface area contributed by atoms with Crippen LogP contribution in [0.3, 0.4) is 0 Å². The predicted octanol–water partition coefficient (Wildman–Crippen LogP) is 3.65. The van der Waals surface area contributed by atoms with Crippen LogP contribution in [0.2, 0.25) is 0 Å². The molecule has 2 aromatic rings. The lowest BCUT2D eigenvalue weighted by atomic mass is 10.2. The van der Waals surface area contributed by atoms with Gasteiger partial charge in [0, 0.05) is 18.2 Å². The Bertz CT molecular complexity index is 685. The van der Waals surface area contributed by atoms with Crippen LogP contribution in [-0.2, 0) is 0 Å². The molecule has 0 saturated carbocycles. The first kappa shape index (κ1) is 13.7. The van der Waals surface area contributed by atoms with Crippen molar-refractivity contribution in [3.63, 3.8) is 0 Å². The Balaban J connectivity index is 2.35. The number of aryl methyl sites for hydroxylation is 1. The number of ether oxygens (including phenoxy) is 1. The van der Waals surface area contributed by atoms with Gasteiger partial charge in [-0.3, -0.25) is 14.9 Å². The quantitative estimate of drug-likeness (QED) is 0.485. The fourth-order valence-electron chi connectivity index (χ4n) is 1.60. The molecule has 0 aliphatic rings. The molecule has 6 heteroatoms. The van der Waals surface area contributed by atoms with Crippen LogP contribution in [0.1, 0.15) is 15.9 Å². The zero-order valence-electron chi connectivity index (χ0n) is 10.5. The normalized spacial score (nSPS) is 10.1. The molecule has 2 aromatic carbocycles. The van der Waals surface area contributed by atoms with E-state index in [0.717, 1.165) is 6.07 Å². The van der Waals surface area contributed by atoms with E-state index in [9.17, 15) is 19.3 Å². The molecule has 102 valence electrons. The van der Waals surface area contributed by atoms with Gasteiger partial charge >= 0.3 is 0 Å². The highest BCUT2D eigenvalue weighted by molar-refractivity contribution is 5.80. The van der Waals surface area contributed by atoms with Gasteiger partial charge < -0.3 is 4.74 Å². The number of nitrogens with zero attached hydrogens (tertiary/aromatic N) is 1. The molecule has 0 fully saturated rings. The molecule has 0 atom stereocenters. The van der Waals surface area contributed by atoms with Gasteiger partial charge in [0.1, 0.15) is 17.3 Å². The highest BCUT2D eigenvalue weighted by Crippen LogP contribution is 2.28. The molecule has 0 spiro atoms. The minimum atomic E-state index is -0.609. The Morgan fingerprint density at radius 2 is 2.00 bits per heavy atom. The van der Waals surface area contributed by atoms with E-state index < -0.39 is 10.7 Å². The number of hydrogen-bond donors (Lipinski definition) is 0. The average molecular weight is 275 g/mol. The average Bonchev–Trinajstić information content (AvgIpc) is 2.43. The molecular formula is C14H10FNO4. The Kier molecular flexibility index (Phi) is 3.74. The third-order valence-corrected chi connectivity index (χ3v) is 2.70. The van der Waals surface area contributed by atoms with Crippen LogP contribution in [0.15, 0.2) is 36.4 Å². The molecule has 0 aliphatic heterocycles. The van der Waals surface area contributed by atoms with Gasteiger partial charge in [-0.15, -0.1) is 0 Å². The highest BCUT2D eigenvalue weighted by atomic mass is 19.1. The molecule has 0 saturated heterocycles. The number of carbonyl (C=O) groups excluding carboxylic acids is 1. The van der Waals surface area contributed by atoms with Crippen LogP contribution in [-0.4, -0.2) is 11.2 Å². The Hall–Kier alpha value is -2.76. The first-order chi connectivity index (χ1) is 9.51. The monoisotopic (exact) mass is 275 g/mol. The Labute approximate surface area is 113 Å². The third-order valence-electron chi connectivity index (χ3n) is 2.70. The van der Waals surface area contributed by atoms with Crippen molar-refractivity contribution in [3.05, 3.63) is 63.5 Å². The topological polar surface area (TPSA) is 69.4 Å². The second-order valence-corrected chi connectivity index (χ2v) is 4.11. The molecule has 0 N–H and O–H groups in total. The van der Waals surface area contributed by atoms with Crippen molar-refractivity contribution < 1.29 is 18.8 Å². The second-order valence-electron chi connectivity index (χ2n) is 4.11. The first-order valence-electron chi connectivity index (χ1n) is 5.69. The molecule has 0 amide bonds. The number of aldehydes is 1. The number of carbonyl (C=O) groups is 1. The Morgan fingerprint density at radius 1 is 1.25 bits per heavy atom. The van der Waals surface area contributed by atoms with Gasteiger partial charge in [-0.1, -0.05) is 6.07 Å². The van der Waals surface area contributed by atoms with Gasteiger partial charge in [0.2, 0.25) is 0 Å². The van der Waals surface area contributed by atoms with E-state index in [-0.39, 0.29) is 22.7 Å². The van der Waals surface area contributed by atoms with Crippen molar-refractivity contribution in [2.24, 2.45) is 0 Å². The number of nitro benzene ring substituents is 1. The lowest BCUT2D eigenvalue weighted by molar-refractivity contribution is -0.384. The third kappa shape index (κ3) is 2.80. The van der Waals surface area contributed by atoms with Crippen LogP contribution in [0, 0.1) is 22.9 Å². The van der Waals surface area contributed by atoms with Crippen LogP contribution in [0.5, 0.6) is 11.5 Å². The summed E-state index contributed by atoms with van der Waals surface area (Å²) in [4.78, 5) is 20.9. The number of non-ortho nitro benzene ring substituents is 1. The van der Waals surface area contributed by atoms with Gasteiger partial charge in [0.25, 0.3) is 5.69 Å². The molecule has 20 heavy (non-hydrogen) atoms. The van der Waals surface area contributed by atoms with E-state index in [4.69, 9.17) is 4.74 Å². The fraction of sp³-hybridized carbons (Fsp3) is 0.0714. The number of hydrogen-bond acceptors (Lipinski definition) is 4. The molecule has 2 rings (SSSR count). The van der Waals surface area contributed by atoms with Crippen molar-refractivity contribution in [3.8, 4) is 11.5 Å². The molecule has 0 bridgehead atoms. The first-order valence-corrected chi connectivity index (χ1v) is 5.69. The maximum atomic E-state index is 13.4. The van der Waals surface area contributed by atoms with E-state index in [0.29, 0.717) is 11.8 Å². The van der Waals surface area contributed by atoms with E-state index in [1.165, 1.54) is 24.3 Å². The van der Waals surface area contributed by atoms with Crippen molar-refractivity contribution in [1.29, 1.82) is 0 Å². The number of halogens is 1. The SMILES string of the molecule is Cc1ccc(Oc2ccc([N+](=O)[O-])cc2C=O)cc1F. The summed E-state index contributed by atoms with van der Waals surface area (Å²) in [5.74, 6) is -0.0871. The van der Waals surface area contributed by atoms with E-state index >= 15 is 0 Å². The zero-order chi connectivity index (χ0) is 14.7. The smallest absolute Gasteiger partial charge is 0.270 e. The van der Waals surface area contributed by atoms with Crippen molar-refractivity contribution in [2.45, 2.75) is 6.92 Å². The van der Waals surface area contributed by atoms with Crippen LogP contribution in [0.25, 0.3) is 0 Å². The minimum Gasteiger partial charge on any atom is -0.457 e. The van der Waals surface area contributed by atoms with Crippen molar-refractivity contribution in [2.75, 3.05) is 0 Å². The van der Waals surface area contributed by atoms with Gasteiger partial charge in [-0.2, -0.15) is 0 Å². The molecule has 0 heterocycles. The number of rotatable bonds is 4. The van der Waals surface area contributed by atoms with Gasteiger partial charge in [-0.05, 0) is 24.6 Å². The van der Waals surface area contributed by atoms with Crippen LogP contribution in [0.4, 0.5) is 10.1 Å². The van der Waals surface area contributed by atoms with E-state index in [2.05, 4.69) is 0 Å². The maximum absolute atomic E-state index is 13.4. The molecule has 0 unspecified atom stereocenters. The summed E-state index contributed by atoms with van der Waals surface area (Å²) >= 11 is 0. The molecule has 0 aliphatic carbocycles. The van der Waals surface area contributed by atoms with E-state index in [1.54, 1.807) is 13.0 Å². The largest absolute Gasteiger partial charge is 0.457 e. The van der Waals surface area contributed by atoms with Crippen LogP contribution >= 0.6 is 0 Å². The summed E-state index contributed by atoms with van der Waals surface area (Å²) in [6, 6.07) is 7.90. The Morgan fingerprint density at radius 3 is 2.60 bits per heavy atom. The summed E-state index contributed by atoms with van der Waals surface area (Å²) in [5.41, 5.74) is 0.284. The van der Waals surface area contributed by atoms with Crippen molar-refractivity contribution in [1.82, 2.24) is 0 Å². The van der Waals surface area contributed by atoms with E-state index in [1.807, 2.05) is 0 Å². The molecular weight excluding hydrogens is 265 g/mol. The molecule has 0 radical (unpaired) electrons. The number of benzene rings is 2. The van der Waals surface area contributed by atoms with Gasteiger partial charge in [0.05, 0.1) is 10.5 Å². The highest BCUT2D eigenvalue weighted by Gasteiger charge is 2.12.